The first-order valence-corrected chi connectivity index (χ1v) is 7.18. The van der Waals surface area contributed by atoms with Gasteiger partial charge in [-0.1, -0.05) is 12.1 Å². The van der Waals surface area contributed by atoms with Gasteiger partial charge < -0.3 is 9.47 Å². The van der Waals surface area contributed by atoms with Gasteiger partial charge in [0.1, 0.15) is 5.82 Å². The fraction of sp³-hybridized carbons (Fsp3) is 0.333. The molecular formula is C18H21FO2. The summed E-state index contributed by atoms with van der Waals surface area (Å²) < 4.78 is 24.0. The van der Waals surface area contributed by atoms with Crippen LogP contribution in [0.5, 0.6) is 11.5 Å². The molecular weight excluding hydrogens is 267 g/mol. The smallest absolute Gasteiger partial charge is 0.161 e. The maximum absolute atomic E-state index is 13.1. The lowest BCUT2D eigenvalue weighted by molar-refractivity contribution is 0.310. The van der Waals surface area contributed by atoms with Crippen molar-refractivity contribution >= 4 is 0 Å². The molecule has 2 aromatic rings. The quantitative estimate of drug-likeness (QED) is 0.788. The highest BCUT2D eigenvalue weighted by atomic mass is 19.1. The van der Waals surface area contributed by atoms with E-state index in [9.17, 15) is 4.39 Å². The first-order valence-electron chi connectivity index (χ1n) is 7.18. The molecule has 0 aliphatic carbocycles. The van der Waals surface area contributed by atoms with Crippen LogP contribution in [-0.4, -0.2) is 13.7 Å². The molecule has 0 N–H and O–H groups in total. The van der Waals surface area contributed by atoms with Crippen molar-refractivity contribution in [3.05, 3.63) is 58.9 Å². The molecule has 3 heteroatoms. The van der Waals surface area contributed by atoms with Gasteiger partial charge in [0.25, 0.3) is 0 Å². The van der Waals surface area contributed by atoms with E-state index in [1.165, 1.54) is 17.2 Å². The minimum absolute atomic E-state index is 0.181. The van der Waals surface area contributed by atoms with Crippen molar-refractivity contribution in [1.29, 1.82) is 0 Å². The molecule has 0 aromatic heterocycles. The number of benzene rings is 2. The van der Waals surface area contributed by atoms with Crippen LogP contribution in [0.3, 0.4) is 0 Å². The molecule has 0 saturated heterocycles. The Morgan fingerprint density at radius 1 is 1.00 bits per heavy atom. The van der Waals surface area contributed by atoms with Crippen LogP contribution in [0, 0.1) is 12.7 Å². The number of hydrogen-bond acceptors (Lipinski definition) is 2. The zero-order valence-corrected chi connectivity index (χ0v) is 12.8. The van der Waals surface area contributed by atoms with Crippen LogP contribution in [-0.2, 0) is 12.8 Å². The largest absolute Gasteiger partial charge is 0.493 e. The monoisotopic (exact) mass is 288 g/mol. The molecule has 21 heavy (non-hydrogen) atoms. The zero-order chi connectivity index (χ0) is 15.2. The van der Waals surface area contributed by atoms with Crippen LogP contribution in [0.4, 0.5) is 4.39 Å². The average Bonchev–Trinajstić information content (AvgIpc) is 2.47. The van der Waals surface area contributed by atoms with Crippen LogP contribution in [0.2, 0.25) is 0 Å². The third kappa shape index (κ3) is 3.97. The molecule has 0 amide bonds. The van der Waals surface area contributed by atoms with Crippen molar-refractivity contribution in [2.24, 2.45) is 0 Å². The molecule has 0 bridgehead atoms. The van der Waals surface area contributed by atoms with E-state index in [4.69, 9.17) is 9.47 Å². The molecule has 0 spiro atoms. The van der Waals surface area contributed by atoms with Crippen molar-refractivity contribution in [1.82, 2.24) is 0 Å². The highest BCUT2D eigenvalue weighted by Crippen LogP contribution is 2.28. The Morgan fingerprint density at radius 3 is 2.48 bits per heavy atom. The number of halogens is 1. The van der Waals surface area contributed by atoms with Gasteiger partial charge in [0, 0.05) is 0 Å². The third-order valence-corrected chi connectivity index (χ3v) is 3.52. The highest BCUT2D eigenvalue weighted by molar-refractivity contribution is 5.43. The van der Waals surface area contributed by atoms with Crippen LogP contribution < -0.4 is 9.47 Å². The fourth-order valence-electron chi connectivity index (χ4n) is 2.36. The summed E-state index contributed by atoms with van der Waals surface area (Å²) in [6.07, 6.45) is 1.76. The Labute approximate surface area is 125 Å². The van der Waals surface area contributed by atoms with E-state index in [0.717, 1.165) is 29.9 Å². The highest BCUT2D eigenvalue weighted by Gasteiger charge is 2.06. The number of hydrogen-bond donors (Lipinski definition) is 0. The van der Waals surface area contributed by atoms with E-state index < -0.39 is 0 Å². The van der Waals surface area contributed by atoms with Gasteiger partial charge in [-0.05, 0) is 67.6 Å². The Hall–Kier alpha value is -2.03. The minimum Gasteiger partial charge on any atom is -0.493 e. The molecule has 0 saturated carbocycles. The summed E-state index contributed by atoms with van der Waals surface area (Å²) in [6.45, 7) is 4.50. The van der Waals surface area contributed by atoms with Crippen molar-refractivity contribution < 1.29 is 13.9 Å². The van der Waals surface area contributed by atoms with Gasteiger partial charge in [0.2, 0.25) is 0 Å². The van der Waals surface area contributed by atoms with E-state index in [1.807, 2.05) is 38.1 Å². The van der Waals surface area contributed by atoms with Gasteiger partial charge in [0.15, 0.2) is 11.5 Å². The fourth-order valence-corrected chi connectivity index (χ4v) is 2.36. The first-order chi connectivity index (χ1) is 10.1. The Balaban J connectivity index is 2.10. The van der Waals surface area contributed by atoms with Crippen LogP contribution in [0.15, 0.2) is 36.4 Å². The Kier molecular flexibility index (Phi) is 5.20. The number of methoxy groups -OCH3 is 1. The normalized spacial score (nSPS) is 10.5. The maximum atomic E-state index is 13.1. The number of ether oxygens (including phenoxy) is 2. The minimum atomic E-state index is -0.181. The Morgan fingerprint density at radius 2 is 1.81 bits per heavy atom. The second kappa shape index (κ2) is 7.11. The summed E-state index contributed by atoms with van der Waals surface area (Å²) in [5.74, 6) is 1.34. The lowest BCUT2D eigenvalue weighted by atomic mass is 10.0. The van der Waals surface area contributed by atoms with Crippen molar-refractivity contribution in [2.45, 2.75) is 26.7 Å². The molecule has 0 heterocycles. The van der Waals surface area contributed by atoms with Gasteiger partial charge in [-0.25, -0.2) is 4.39 Å². The molecule has 0 atom stereocenters. The molecule has 2 rings (SSSR count). The van der Waals surface area contributed by atoms with Crippen molar-refractivity contribution in [3.63, 3.8) is 0 Å². The molecule has 112 valence electrons. The molecule has 0 aliphatic rings. The van der Waals surface area contributed by atoms with E-state index in [0.29, 0.717) is 6.61 Å². The maximum Gasteiger partial charge on any atom is 0.161 e. The molecule has 0 radical (unpaired) electrons. The Bertz CT molecular complexity index is 608. The summed E-state index contributed by atoms with van der Waals surface area (Å²) in [7, 11) is 1.64. The van der Waals surface area contributed by atoms with E-state index in [2.05, 4.69) is 0 Å². The molecule has 0 aliphatic heterocycles. The molecule has 0 fully saturated rings. The van der Waals surface area contributed by atoms with Gasteiger partial charge >= 0.3 is 0 Å². The van der Waals surface area contributed by atoms with Gasteiger partial charge in [-0.3, -0.25) is 0 Å². The first kappa shape index (κ1) is 15.4. The third-order valence-electron chi connectivity index (χ3n) is 3.52. The summed E-state index contributed by atoms with van der Waals surface area (Å²) in [5, 5.41) is 0. The van der Waals surface area contributed by atoms with Crippen molar-refractivity contribution in [2.75, 3.05) is 13.7 Å². The van der Waals surface area contributed by atoms with Crippen molar-refractivity contribution in [3.8, 4) is 11.5 Å². The second-order valence-electron chi connectivity index (χ2n) is 4.99. The summed E-state index contributed by atoms with van der Waals surface area (Å²) in [4.78, 5) is 0. The van der Waals surface area contributed by atoms with Crippen LogP contribution >= 0.6 is 0 Å². The summed E-state index contributed by atoms with van der Waals surface area (Å²) >= 11 is 0. The van der Waals surface area contributed by atoms with Gasteiger partial charge in [-0.15, -0.1) is 0 Å². The summed E-state index contributed by atoms with van der Waals surface area (Å²) in [5.41, 5.74) is 3.35. The molecule has 2 aromatic carbocycles. The topological polar surface area (TPSA) is 18.5 Å². The number of rotatable bonds is 6. The van der Waals surface area contributed by atoms with Crippen LogP contribution in [0.25, 0.3) is 0 Å². The van der Waals surface area contributed by atoms with E-state index in [1.54, 1.807) is 13.2 Å². The summed E-state index contributed by atoms with van der Waals surface area (Å²) in [6, 6.07) is 10.9. The van der Waals surface area contributed by atoms with Gasteiger partial charge in [0.05, 0.1) is 13.7 Å². The molecule has 2 nitrogen and oxygen atoms in total. The molecule has 0 unspecified atom stereocenters. The predicted molar refractivity (Wildman–Crippen MR) is 82.7 cm³/mol. The lowest BCUT2D eigenvalue weighted by Crippen LogP contribution is -1.98. The lowest BCUT2D eigenvalue weighted by Gasteiger charge is -2.11. The average molecular weight is 288 g/mol. The zero-order valence-electron chi connectivity index (χ0n) is 12.8. The predicted octanol–water partition coefficient (Wildman–Crippen LogP) is 4.33. The van der Waals surface area contributed by atoms with E-state index in [-0.39, 0.29) is 5.82 Å². The second-order valence-corrected chi connectivity index (χ2v) is 4.99. The number of aryl methyl sites for hydroxylation is 3. The SMILES string of the molecule is CCOc1cc(CCc2ccc(F)cc2C)ccc1OC. The van der Waals surface area contributed by atoms with E-state index >= 15 is 0 Å². The standard InChI is InChI=1S/C18H21FO2/c1-4-21-18-12-14(6-10-17(18)20-3)5-7-15-8-9-16(19)11-13(15)2/h6,8-12H,4-5,7H2,1-3H3. The van der Waals surface area contributed by atoms with Gasteiger partial charge in [-0.2, -0.15) is 0 Å². The van der Waals surface area contributed by atoms with Crippen LogP contribution in [0.1, 0.15) is 23.6 Å².